The minimum Gasteiger partial charge on any atom is -0.462 e. The molecule has 34 heavy (non-hydrogen) atoms. The zero-order valence-corrected chi connectivity index (χ0v) is 20.2. The Bertz CT molecular complexity index is 1090. The first-order chi connectivity index (χ1) is 16.4. The van der Waals surface area contributed by atoms with Crippen molar-refractivity contribution in [2.75, 3.05) is 18.5 Å². The molecule has 2 N–H and O–H groups in total. The zero-order chi connectivity index (χ0) is 24.3. The van der Waals surface area contributed by atoms with Gasteiger partial charge in [-0.1, -0.05) is 43.7 Å². The molecule has 0 atom stereocenters. The van der Waals surface area contributed by atoms with E-state index in [0.717, 1.165) is 34.6 Å². The lowest BCUT2D eigenvalue weighted by Crippen LogP contribution is -2.49. The summed E-state index contributed by atoms with van der Waals surface area (Å²) < 4.78 is 5.15. The van der Waals surface area contributed by atoms with Gasteiger partial charge in [0.15, 0.2) is 0 Å². The van der Waals surface area contributed by atoms with Crippen LogP contribution in [0.1, 0.15) is 55.6 Å². The SMILES string of the molecule is CCOC(=O)c1sc(-c2ccccc2)cc1NC(=O)CN1C(=O)NC2(CCC(CC)CC2)C1=O. The van der Waals surface area contributed by atoms with Crippen LogP contribution in [0.2, 0.25) is 0 Å². The maximum Gasteiger partial charge on any atom is 0.350 e. The molecule has 1 spiro atoms. The molecule has 2 aliphatic rings. The molecule has 0 radical (unpaired) electrons. The third-order valence-electron chi connectivity index (χ3n) is 6.61. The summed E-state index contributed by atoms with van der Waals surface area (Å²) in [6, 6.07) is 10.7. The Labute approximate surface area is 202 Å². The van der Waals surface area contributed by atoms with E-state index in [2.05, 4.69) is 17.6 Å². The van der Waals surface area contributed by atoms with Gasteiger partial charge in [-0.25, -0.2) is 9.59 Å². The molecule has 1 aromatic heterocycles. The largest absolute Gasteiger partial charge is 0.462 e. The maximum absolute atomic E-state index is 13.1. The number of rotatable bonds is 7. The van der Waals surface area contributed by atoms with Crippen molar-refractivity contribution in [2.45, 2.75) is 51.5 Å². The number of esters is 1. The second kappa shape index (κ2) is 9.97. The number of hydrogen-bond acceptors (Lipinski definition) is 6. The van der Waals surface area contributed by atoms with Crippen LogP contribution < -0.4 is 10.6 Å². The highest BCUT2D eigenvalue weighted by Crippen LogP contribution is 2.38. The molecule has 2 fully saturated rings. The molecule has 1 aromatic carbocycles. The fourth-order valence-corrected chi connectivity index (χ4v) is 5.66. The van der Waals surface area contributed by atoms with Crippen LogP contribution in [0.4, 0.5) is 10.5 Å². The van der Waals surface area contributed by atoms with Crippen molar-refractivity contribution in [1.82, 2.24) is 10.2 Å². The quantitative estimate of drug-likeness (QED) is 0.448. The van der Waals surface area contributed by atoms with Crippen LogP contribution in [0.25, 0.3) is 10.4 Å². The fraction of sp³-hybridized carbons (Fsp3) is 0.440. The van der Waals surface area contributed by atoms with E-state index in [1.54, 1.807) is 13.0 Å². The summed E-state index contributed by atoms with van der Waals surface area (Å²) in [5, 5.41) is 5.55. The van der Waals surface area contributed by atoms with Gasteiger partial charge in [0.1, 0.15) is 17.0 Å². The van der Waals surface area contributed by atoms with Gasteiger partial charge in [-0.3, -0.25) is 14.5 Å². The molecule has 2 heterocycles. The number of ether oxygens (including phenoxy) is 1. The molecular formula is C25H29N3O5S. The van der Waals surface area contributed by atoms with Crippen LogP contribution in [0.15, 0.2) is 36.4 Å². The summed E-state index contributed by atoms with van der Waals surface area (Å²) in [5.74, 6) is -0.869. The lowest BCUT2D eigenvalue weighted by molar-refractivity contribution is -0.135. The second-order valence-corrected chi connectivity index (χ2v) is 9.80. The van der Waals surface area contributed by atoms with E-state index in [1.807, 2.05) is 30.3 Å². The van der Waals surface area contributed by atoms with E-state index in [4.69, 9.17) is 4.74 Å². The van der Waals surface area contributed by atoms with Gasteiger partial charge < -0.3 is 15.4 Å². The number of nitrogens with zero attached hydrogens (tertiary/aromatic N) is 1. The smallest absolute Gasteiger partial charge is 0.350 e. The first-order valence-electron chi connectivity index (χ1n) is 11.7. The first kappa shape index (κ1) is 23.9. The highest BCUT2D eigenvalue weighted by atomic mass is 32.1. The van der Waals surface area contributed by atoms with Crippen LogP contribution in [0.3, 0.4) is 0 Å². The predicted octanol–water partition coefficient (Wildman–Crippen LogP) is 4.42. The Morgan fingerprint density at radius 3 is 2.53 bits per heavy atom. The lowest BCUT2D eigenvalue weighted by atomic mass is 9.75. The van der Waals surface area contributed by atoms with Gasteiger partial charge in [0, 0.05) is 4.88 Å². The third kappa shape index (κ3) is 4.70. The van der Waals surface area contributed by atoms with Crippen molar-refractivity contribution in [3.05, 3.63) is 41.3 Å². The van der Waals surface area contributed by atoms with E-state index in [-0.39, 0.29) is 17.4 Å². The van der Waals surface area contributed by atoms with Gasteiger partial charge in [0.25, 0.3) is 5.91 Å². The van der Waals surface area contributed by atoms with Crippen molar-refractivity contribution >= 4 is 40.8 Å². The van der Waals surface area contributed by atoms with Gasteiger partial charge in [-0.2, -0.15) is 0 Å². The second-order valence-electron chi connectivity index (χ2n) is 8.74. The number of hydrogen-bond donors (Lipinski definition) is 2. The Hall–Kier alpha value is -3.20. The average Bonchev–Trinajstić information content (AvgIpc) is 3.35. The lowest BCUT2D eigenvalue weighted by Gasteiger charge is -2.34. The molecule has 1 saturated heterocycles. The predicted molar refractivity (Wildman–Crippen MR) is 130 cm³/mol. The number of amides is 4. The van der Waals surface area contributed by atoms with Crippen LogP contribution in [0, 0.1) is 5.92 Å². The Morgan fingerprint density at radius 2 is 1.88 bits per heavy atom. The number of nitrogens with one attached hydrogen (secondary N) is 2. The Balaban J connectivity index is 1.49. The summed E-state index contributed by atoms with van der Waals surface area (Å²) in [7, 11) is 0. The number of benzene rings is 1. The van der Waals surface area contributed by atoms with E-state index in [9.17, 15) is 19.2 Å². The van der Waals surface area contributed by atoms with E-state index in [1.165, 1.54) is 11.3 Å². The molecule has 1 saturated carbocycles. The third-order valence-corrected chi connectivity index (χ3v) is 7.77. The van der Waals surface area contributed by atoms with Crippen molar-refractivity contribution in [3.63, 3.8) is 0 Å². The zero-order valence-electron chi connectivity index (χ0n) is 19.4. The normalized spacial score (nSPS) is 22.1. The van der Waals surface area contributed by atoms with Crippen molar-refractivity contribution < 1.29 is 23.9 Å². The highest BCUT2D eigenvalue weighted by Gasteiger charge is 2.52. The van der Waals surface area contributed by atoms with Crippen molar-refractivity contribution in [2.24, 2.45) is 5.92 Å². The highest BCUT2D eigenvalue weighted by molar-refractivity contribution is 7.18. The molecule has 1 aliphatic carbocycles. The maximum atomic E-state index is 13.1. The van der Waals surface area contributed by atoms with Gasteiger partial charge in [0.05, 0.1) is 12.3 Å². The number of imide groups is 1. The monoisotopic (exact) mass is 483 g/mol. The summed E-state index contributed by atoms with van der Waals surface area (Å²) in [5.41, 5.74) is 0.303. The van der Waals surface area contributed by atoms with Gasteiger partial charge in [-0.15, -0.1) is 11.3 Å². The number of thiophene rings is 1. The standard InChI is InChI=1S/C25H29N3O5S/c1-3-16-10-12-25(13-11-16)23(31)28(24(32)27-25)15-20(29)26-18-14-19(17-8-6-5-7-9-17)34-21(18)22(30)33-4-2/h5-9,14,16H,3-4,10-13,15H2,1-2H3,(H,26,29)(H,27,32). The van der Waals surface area contributed by atoms with Crippen molar-refractivity contribution in [1.29, 1.82) is 0 Å². The molecule has 180 valence electrons. The molecule has 0 unspecified atom stereocenters. The first-order valence-corrected chi connectivity index (χ1v) is 12.5. The molecular weight excluding hydrogens is 454 g/mol. The molecule has 4 rings (SSSR count). The van der Waals surface area contributed by atoms with Crippen LogP contribution in [-0.4, -0.2) is 47.4 Å². The van der Waals surface area contributed by atoms with Crippen molar-refractivity contribution in [3.8, 4) is 10.4 Å². The van der Waals surface area contributed by atoms with Crippen LogP contribution in [-0.2, 0) is 14.3 Å². The van der Waals surface area contributed by atoms with Crippen LogP contribution in [0.5, 0.6) is 0 Å². The van der Waals surface area contributed by atoms with E-state index < -0.39 is 30.0 Å². The number of carbonyl (C=O) groups is 4. The average molecular weight is 484 g/mol. The summed E-state index contributed by atoms with van der Waals surface area (Å²) >= 11 is 1.22. The molecule has 0 bridgehead atoms. The summed E-state index contributed by atoms with van der Waals surface area (Å²) in [6.07, 6.45) is 3.99. The fourth-order valence-electron chi connectivity index (χ4n) is 4.65. The van der Waals surface area contributed by atoms with Crippen LogP contribution >= 0.6 is 11.3 Å². The van der Waals surface area contributed by atoms with Gasteiger partial charge in [0.2, 0.25) is 5.91 Å². The minimum absolute atomic E-state index is 0.203. The molecule has 4 amide bonds. The summed E-state index contributed by atoms with van der Waals surface area (Å²) in [6.45, 7) is 3.63. The molecule has 8 nitrogen and oxygen atoms in total. The van der Waals surface area contributed by atoms with Gasteiger partial charge in [-0.05, 0) is 50.2 Å². The minimum atomic E-state index is -0.901. The van der Waals surface area contributed by atoms with Gasteiger partial charge >= 0.3 is 12.0 Å². The van der Waals surface area contributed by atoms with E-state index >= 15 is 0 Å². The number of carbonyl (C=O) groups excluding carboxylic acids is 4. The Kier molecular flexibility index (Phi) is 7.02. The summed E-state index contributed by atoms with van der Waals surface area (Å²) in [4.78, 5) is 53.1. The number of anilines is 1. The topological polar surface area (TPSA) is 105 Å². The molecule has 1 aliphatic heterocycles. The number of urea groups is 1. The van der Waals surface area contributed by atoms with E-state index in [0.29, 0.717) is 24.4 Å². The molecule has 9 heteroatoms. The molecule has 2 aromatic rings. The Morgan fingerprint density at radius 1 is 1.18 bits per heavy atom.